The van der Waals surface area contributed by atoms with Crippen molar-refractivity contribution < 1.29 is 9.90 Å². The SMILES string of the molecule is CC1(C)CCCCCCC(C)(c2cc(=O)n3c(n2)CCC3(C)C(=O)O)CCC1. The van der Waals surface area contributed by atoms with E-state index >= 15 is 0 Å². The van der Waals surface area contributed by atoms with Gasteiger partial charge in [0.1, 0.15) is 11.4 Å². The minimum absolute atomic E-state index is 0.114. The Morgan fingerprint density at radius 1 is 0.964 bits per heavy atom. The van der Waals surface area contributed by atoms with E-state index in [1.165, 1.54) is 36.7 Å². The third kappa shape index (κ3) is 4.04. The molecule has 1 saturated carbocycles. The van der Waals surface area contributed by atoms with Gasteiger partial charge in [-0.15, -0.1) is 0 Å². The Morgan fingerprint density at radius 3 is 2.25 bits per heavy atom. The third-order valence-electron chi connectivity index (χ3n) is 7.31. The summed E-state index contributed by atoms with van der Waals surface area (Å²) in [5.74, 6) is -0.311. The lowest BCUT2D eigenvalue weighted by Crippen LogP contribution is -2.43. The molecule has 2 unspecified atom stereocenters. The molecule has 1 aliphatic carbocycles. The molecule has 0 aromatic carbocycles. The third-order valence-corrected chi connectivity index (χ3v) is 7.31. The van der Waals surface area contributed by atoms with E-state index in [-0.39, 0.29) is 11.0 Å². The van der Waals surface area contributed by atoms with Gasteiger partial charge in [0.25, 0.3) is 5.56 Å². The zero-order valence-corrected chi connectivity index (χ0v) is 18.0. The van der Waals surface area contributed by atoms with Crippen LogP contribution in [0.25, 0.3) is 0 Å². The highest BCUT2D eigenvalue weighted by atomic mass is 16.4. The number of nitrogens with zero attached hydrogens (tertiary/aromatic N) is 2. The number of aromatic nitrogens is 2. The lowest BCUT2D eigenvalue weighted by atomic mass is 9.75. The Labute approximate surface area is 168 Å². The summed E-state index contributed by atoms with van der Waals surface area (Å²) >= 11 is 0. The number of rotatable bonds is 2. The second-order valence-electron chi connectivity index (χ2n) is 10.3. The first-order valence-electron chi connectivity index (χ1n) is 10.9. The van der Waals surface area contributed by atoms with E-state index in [1.807, 2.05) is 0 Å². The number of aliphatic carboxylic acids is 1. The Balaban J connectivity index is 1.93. The maximum absolute atomic E-state index is 12.9. The van der Waals surface area contributed by atoms with Gasteiger partial charge in [-0.1, -0.05) is 52.9 Å². The highest BCUT2D eigenvalue weighted by Gasteiger charge is 2.43. The zero-order chi connectivity index (χ0) is 20.6. The summed E-state index contributed by atoms with van der Waals surface area (Å²) in [6.45, 7) is 8.62. The maximum atomic E-state index is 12.9. The number of hydrogen-bond acceptors (Lipinski definition) is 3. The van der Waals surface area contributed by atoms with Crippen molar-refractivity contribution in [3.8, 4) is 0 Å². The molecule has 28 heavy (non-hydrogen) atoms. The fraction of sp³-hybridized carbons (Fsp3) is 0.783. The quantitative estimate of drug-likeness (QED) is 0.790. The van der Waals surface area contributed by atoms with Crippen molar-refractivity contribution in [2.45, 2.75) is 109 Å². The molecule has 0 spiro atoms. The van der Waals surface area contributed by atoms with E-state index in [4.69, 9.17) is 4.98 Å². The van der Waals surface area contributed by atoms with Crippen LogP contribution in [0.5, 0.6) is 0 Å². The van der Waals surface area contributed by atoms with Gasteiger partial charge in [0.15, 0.2) is 0 Å². The minimum Gasteiger partial charge on any atom is -0.479 e. The lowest BCUT2D eigenvalue weighted by molar-refractivity contribution is -0.146. The van der Waals surface area contributed by atoms with Gasteiger partial charge in [-0.2, -0.15) is 0 Å². The summed E-state index contributed by atoms with van der Waals surface area (Å²) in [6, 6.07) is 1.63. The predicted octanol–water partition coefficient (Wildman–Crippen LogP) is 4.80. The van der Waals surface area contributed by atoms with Crippen molar-refractivity contribution in [3.63, 3.8) is 0 Å². The molecule has 3 rings (SSSR count). The van der Waals surface area contributed by atoms with E-state index < -0.39 is 11.5 Å². The summed E-state index contributed by atoms with van der Waals surface area (Å²) in [5, 5.41) is 9.63. The van der Waals surface area contributed by atoms with Crippen LogP contribution in [0, 0.1) is 5.41 Å². The van der Waals surface area contributed by atoms with Gasteiger partial charge in [0.05, 0.1) is 5.69 Å². The van der Waals surface area contributed by atoms with Crippen LogP contribution < -0.4 is 5.56 Å². The average Bonchev–Trinajstić information content (AvgIpc) is 2.95. The molecule has 1 fully saturated rings. The number of carboxylic acids is 1. The van der Waals surface area contributed by atoms with Crippen molar-refractivity contribution in [2.75, 3.05) is 0 Å². The molecule has 1 N–H and O–H groups in total. The molecule has 5 heteroatoms. The van der Waals surface area contributed by atoms with Gasteiger partial charge in [0.2, 0.25) is 0 Å². The van der Waals surface area contributed by atoms with Gasteiger partial charge in [-0.25, -0.2) is 9.78 Å². The second kappa shape index (κ2) is 7.64. The van der Waals surface area contributed by atoms with E-state index in [1.54, 1.807) is 13.0 Å². The van der Waals surface area contributed by atoms with Crippen molar-refractivity contribution in [1.29, 1.82) is 0 Å². The molecule has 2 heterocycles. The first-order valence-corrected chi connectivity index (χ1v) is 10.9. The largest absolute Gasteiger partial charge is 0.479 e. The molecule has 2 atom stereocenters. The van der Waals surface area contributed by atoms with Gasteiger partial charge in [-0.05, 0) is 44.4 Å². The van der Waals surface area contributed by atoms with Crippen LogP contribution in [-0.4, -0.2) is 20.6 Å². The van der Waals surface area contributed by atoms with Crippen LogP contribution in [0.15, 0.2) is 10.9 Å². The maximum Gasteiger partial charge on any atom is 0.329 e. The molecule has 2 aliphatic rings. The molecule has 1 aromatic rings. The van der Waals surface area contributed by atoms with Crippen LogP contribution >= 0.6 is 0 Å². The van der Waals surface area contributed by atoms with Crippen molar-refractivity contribution in [2.24, 2.45) is 5.41 Å². The summed E-state index contributed by atoms with van der Waals surface area (Å²) in [5.41, 5.74) is -0.248. The fourth-order valence-electron chi connectivity index (χ4n) is 5.14. The van der Waals surface area contributed by atoms with Gasteiger partial charge < -0.3 is 5.11 Å². The Hall–Kier alpha value is -1.65. The molecule has 156 valence electrons. The monoisotopic (exact) mass is 388 g/mol. The van der Waals surface area contributed by atoms with Crippen LogP contribution in [-0.2, 0) is 22.2 Å². The first kappa shape index (κ1) is 21.1. The molecule has 0 radical (unpaired) electrons. The van der Waals surface area contributed by atoms with Gasteiger partial charge >= 0.3 is 5.97 Å². The van der Waals surface area contributed by atoms with E-state index in [0.29, 0.717) is 24.1 Å². The molecular formula is C23H36N2O3. The Kier molecular flexibility index (Phi) is 5.75. The second-order valence-corrected chi connectivity index (χ2v) is 10.3. The molecule has 1 aliphatic heterocycles. The van der Waals surface area contributed by atoms with E-state index in [9.17, 15) is 14.7 Å². The standard InChI is InChI=1S/C23H36N2O3/c1-21(2)11-7-5-6-8-13-22(3,14-9-12-21)17-16-19(26)25-18(24-17)10-15-23(25,4)20(27)28/h16H,5-15H2,1-4H3,(H,27,28). The predicted molar refractivity (Wildman–Crippen MR) is 111 cm³/mol. The van der Waals surface area contributed by atoms with Gasteiger partial charge in [-0.3, -0.25) is 9.36 Å². The smallest absolute Gasteiger partial charge is 0.329 e. The molecule has 1 aromatic heterocycles. The summed E-state index contributed by atoms with van der Waals surface area (Å²) in [7, 11) is 0. The Bertz CT molecular complexity index is 798. The lowest BCUT2D eigenvalue weighted by Gasteiger charge is -2.32. The zero-order valence-electron chi connectivity index (χ0n) is 18.0. The topological polar surface area (TPSA) is 72.2 Å². The van der Waals surface area contributed by atoms with Crippen LogP contribution in [0.3, 0.4) is 0 Å². The first-order chi connectivity index (χ1) is 13.1. The normalized spacial score (nSPS) is 31.0. The van der Waals surface area contributed by atoms with Crippen LogP contribution in [0.4, 0.5) is 0 Å². The summed E-state index contributed by atoms with van der Waals surface area (Å²) in [6.07, 6.45) is 11.6. The fourth-order valence-corrected chi connectivity index (χ4v) is 5.14. The molecule has 0 saturated heterocycles. The summed E-state index contributed by atoms with van der Waals surface area (Å²) in [4.78, 5) is 29.6. The highest BCUT2D eigenvalue weighted by molar-refractivity contribution is 5.77. The van der Waals surface area contributed by atoms with Crippen LogP contribution in [0.1, 0.15) is 103 Å². The number of carboxylic acid groups (broad SMARTS) is 1. The number of carbonyl (C=O) groups is 1. The van der Waals surface area contributed by atoms with Crippen molar-refractivity contribution in [3.05, 3.63) is 27.9 Å². The van der Waals surface area contributed by atoms with Gasteiger partial charge in [0, 0.05) is 17.9 Å². The molecule has 0 bridgehead atoms. The van der Waals surface area contributed by atoms with Crippen molar-refractivity contribution >= 4 is 5.97 Å². The van der Waals surface area contributed by atoms with Crippen LogP contribution in [0.2, 0.25) is 0 Å². The minimum atomic E-state index is -1.17. The molecule has 0 amide bonds. The molecular weight excluding hydrogens is 352 g/mol. The highest BCUT2D eigenvalue weighted by Crippen LogP contribution is 2.39. The molecule has 5 nitrogen and oxygen atoms in total. The van der Waals surface area contributed by atoms with E-state index in [0.717, 1.165) is 31.4 Å². The summed E-state index contributed by atoms with van der Waals surface area (Å²) < 4.78 is 1.41. The van der Waals surface area contributed by atoms with Crippen molar-refractivity contribution in [1.82, 2.24) is 9.55 Å². The Morgan fingerprint density at radius 2 is 1.57 bits per heavy atom. The van der Waals surface area contributed by atoms with E-state index in [2.05, 4.69) is 20.8 Å². The number of aryl methyl sites for hydroxylation is 1. The number of hydrogen-bond donors (Lipinski definition) is 1. The number of fused-ring (bicyclic) bond motifs is 1. The average molecular weight is 389 g/mol.